The molecule has 3 aromatic rings. The summed E-state index contributed by atoms with van der Waals surface area (Å²) in [5.74, 6) is 0. The number of benzene rings is 2. The Morgan fingerprint density at radius 1 is 0.958 bits per heavy atom. The highest BCUT2D eigenvalue weighted by Crippen LogP contribution is 2.23. The summed E-state index contributed by atoms with van der Waals surface area (Å²) in [6.45, 7) is 8.52. The summed E-state index contributed by atoms with van der Waals surface area (Å²) in [6.07, 6.45) is 6.23. The molecule has 122 valence electrons. The molecule has 0 aliphatic rings. The SMILES string of the molecule is CCN(CC)c1cc(C=Cc2cccc3ccccc23)ncc1C. The molecule has 0 radical (unpaired) electrons. The Labute approximate surface area is 144 Å². The molecule has 0 saturated heterocycles. The molecule has 0 N–H and O–H groups in total. The van der Waals surface area contributed by atoms with Gasteiger partial charge in [-0.1, -0.05) is 48.5 Å². The van der Waals surface area contributed by atoms with Crippen molar-refractivity contribution >= 4 is 28.6 Å². The van der Waals surface area contributed by atoms with Crippen molar-refractivity contribution in [3.05, 3.63) is 71.5 Å². The number of hydrogen-bond acceptors (Lipinski definition) is 2. The number of aryl methyl sites for hydroxylation is 1. The van der Waals surface area contributed by atoms with E-state index in [9.17, 15) is 0 Å². The van der Waals surface area contributed by atoms with Crippen LogP contribution in [0.4, 0.5) is 5.69 Å². The minimum Gasteiger partial charge on any atom is -0.372 e. The van der Waals surface area contributed by atoms with Crippen molar-refractivity contribution in [3.63, 3.8) is 0 Å². The number of aromatic nitrogens is 1. The second-order valence-corrected chi connectivity index (χ2v) is 5.97. The van der Waals surface area contributed by atoms with Gasteiger partial charge < -0.3 is 4.90 Å². The second kappa shape index (κ2) is 7.31. The van der Waals surface area contributed by atoms with Crippen LogP contribution in [0.5, 0.6) is 0 Å². The van der Waals surface area contributed by atoms with E-state index < -0.39 is 0 Å². The van der Waals surface area contributed by atoms with Crippen LogP contribution < -0.4 is 4.90 Å². The number of anilines is 1. The maximum atomic E-state index is 4.57. The second-order valence-electron chi connectivity index (χ2n) is 5.97. The van der Waals surface area contributed by atoms with Crippen molar-refractivity contribution in [1.82, 2.24) is 4.98 Å². The standard InChI is InChI=1S/C22H24N2/c1-4-24(5-2)22-15-20(23-16-17(22)3)14-13-19-11-8-10-18-9-6-7-12-21(18)19/h6-16H,4-5H2,1-3H3. The molecule has 0 bridgehead atoms. The van der Waals surface area contributed by atoms with Crippen molar-refractivity contribution in [2.45, 2.75) is 20.8 Å². The lowest BCUT2D eigenvalue weighted by Crippen LogP contribution is -2.22. The van der Waals surface area contributed by atoms with E-state index in [1.807, 2.05) is 6.20 Å². The highest BCUT2D eigenvalue weighted by Gasteiger charge is 2.06. The minimum atomic E-state index is 0.996. The van der Waals surface area contributed by atoms with Crippen LogP contribution in [0.25, 0.3) is 22.9 Å². The molecule has 2 heteroatoms. The van der Waals surface area contributed by atoms with E-state index >= 15 is 0 Å². The summed E-state index contributed by atoms with van der Waals surface area (Å²) in [5, 5.41) is 2.53. The predicted molar refractivity (Wildman–Crippen MR) is 105 cm³/mol. The van der Waals surface area contributed by atoms with Crippen LogP contribution in [-0.4, -0.2) is 18.1 Å². The van der Waals surface area contributed by atoms with E-state index in [2.05, 4.69) is 91.3 Å². The fraction of sp³-hybridized carbons (Fsp3) is 0.227. The molecule has 3 rings (SSSR count). The molecule has 0 aliphatic carbocycles. The molecule has 2 aromatic carbocycles. The normalized spacial score (nSPS) is 11.3. The lowest BCUT2D eigenvalue weighted by atomic mass is 10.0. The van der Waals surface area contributed by atoms with Crippen molar-refractivity contribution in [2.75, 3.05) is 18.0 Å². The molecule has 0 fully saturated rings. The van der Waals surface area contributed by atoms with Gasteiger partial charge in [-0.15, -0.1) is 0 Å². The van der Waals surface area contributed by atoms with Gasteiger partial charge in [-0.25, -0.2) is 0 Å². The van der Waals surface area contributed by atoms with E-state index in [4.69, 9.17) is 0 Å². The van der Waals surface area contributed by atoms with Gasteiger partial charge >= 0.3 is 0 Å². The molecule has 0 saturated carbocycles. The van der Waals surface area contributed by atoms with Crippen LogP contribution in [0, 0.1) is 6.92 Å². The van der Waals surface area contributed by atoms with Gasteiger partial charge in [-0.05, 0) is 54.8 Å². The Morgan fingerprint density at radius 3 is 2.50 bits per heavy atom. The molecule has 1 heterocycles. The van der Waals surface area contributed by atoms with Gasteiger partial charge in [0.05, 0.1) is 5.69 Å². The first kappa shape index (κ1) is 16.3. The van der Waals surface area contributed by atoms with E-state index in [1.165, 1.54) is 27.6 Å². The molecule has 0 unspecified atom stereocenters. The van der Waals surface area contributed by atoms with Crippen molar-refractivity contribution in [2.24, 2.45) is 0 Å². The van der Waals surface area contributed by atoms with Crippen LogP contribution in [0.2, 0.25) is 0 Å². The lowest BCUT2D eigenvalue weighted by molar-refractivity contribution is 0.859. The van der Waals surface area contributed by atoms with Crippen LogP contribution in [0.1, 0.15) is 30.7 Å². The maximum Gasteiger partial charge on any atom is 0.0650 e. The van der Waals surface area contributed by atoms with Gasteiger partial charge in [0.25, 0.3) is 0 Å². The topological polar surface area (TPSA) is 16.1 Å². The smallest absolute Gasteiger partial charge is 0.0650 e. The third-order valence-electron chi connectivity index (χ3n) is 4.46. The zero-order chi connectivity index (χ0) is 16.9. The Kier molecular flexibility index (Phi) is 4.95. The largest absolute Gasteiger partial charge is 0.372 e. The predicted octanol–water partition coefficient (Wildman–Crippen LogP) is 5.56. The van der Waals surface area contributed by atoms with E-state index in [0.29, 0.717) is 0 Å². The average molecular weight is 316 g/mol. The monoisotopic (exact) mass is 316 g/mol. The van der Waals surface area contributed by atoms with Crippen molar-refractivity contribution < 1.29 is 0 Å². The third-order valence-corrected chi connectivity index (χ3v) is 4.46. The molecule has 24 heavy (non-hydrogen) atoms. The molecule has 0 spiro atoms. The van der Waals surface area contributed by atoms with Gasteiger partial charge in [-0.2, -0.15) is 0 Å². The Morgan fingerprint density at radius 2 is 1.71 bits per heavy atom. The number of rotatable bonds is 5. The number of hydrogen-bond donors (Lipinski definition) is 0. The maximum absolute atomic E-state index is 4.57. The van der Waals surface area contributed by atoms with Crippen LogP contribution in [0.15, 0.2) is 54.7 Å². The van der Waals surface area contributed by atoms with Gasteiger partial charge in [0.1, 0.15) is 0 Å². The van der Waals surface area contributed by atoms with Gasteiger partial charge in [0.15, 0.2) is 0 Å². The molecule has 0 atom stereocenters. The highest BCUT2D eigenvalue weighted by atomic mass is 15.1. The Balaban J connectivity index is 1.95. The van der Waals surface area contributed by atoms with Gasteiger partial charge in [0.2, 0.25) is 0 Å². The van der Waals surface area contributed by atoms with Gasteiger partial charge in [0, 0.05) is 25.0 Å². The third kappa shape index (κ3) is 3.33. The molecule has 0 aliphatic heterocycles. The first-order chi connectivity index (χ1) is 11.7. The molecular weight excluding hydrogens is 292 g/mol. The molecule has 1 aromatic heterocycles. The summed E-state index contributed by atoms with van der Waals surface area (Å²) < 4.78 is 0. The highest BCUT2D eigenvalue weighted by molar-refractivity contribution is 5.92. The number of nitrogens with zero attached hydrogens (tertiary/aromatic N) is 2. The van der Waals surface area contributed by atoms with Crippen molar-refractivity contribution in [3.8, 4) is 0 Å². The van der Waals surface area contributed by atoms with Gasteiger partial charge in [-0.3, -0.25) is 4.98 Å². The zero-order valence-electron chi connectivity index (χ0n) is 14.7. The summed E-state index contributed by atoms with van der Waals surface area (Å²) in [7, 11) is 0. The van der Waals surface area contributed by atoms with Crippen LogP contribution in [-0.2, 0) is 0 Å². The fourth-order valence-corrected chi connectivity index (χ4v) is 3.10. The Hall–Kier alpha value is -2.61. The van der Waals surface area contributed by atoms with E-state index in [1.54, 1.807) is 0 Å². The average Bonchev–Trinajstić information content (AvgIpc) is 2.63. The molecular formula is C22H24N2. The molecule has 2 nitrogen and oxygen atoms in total. The first-order valence-corrected chi connectivity index (χ1v) is 8.60. The summed E-state index contributed by atoms with van der Waals surface area (Å²) in [5.41, 5.74) is 4.71. The lowest BCUT2D eigenvalue weighted by Gasteiger charge is -2.23. The van der Waals surface area contributed by atoms with Crippen molar-refractivity contribution in [1.29, 1.82) is 0 Å². The minimum absolute atomic E-state index is 0.996. The summed E-state index contributed by atoms with van der Waals surface area (Å²) >= 11 is 0. The van der Waals surface area contributed by atoms with E-state index in [-0.39, 0.29) is 0 Å². The number of pyridine rings is 1. The quantitative estimate of drug-likeness (QED) is 0.612. The first-order valence-electron chi connectivity index (χ1n) is 8.60. The molecule has 0 amide bonds. The summed E-state index contributed by atoms with van der Waals surface area (Å²) in [6, 6.07) is 17.1. The Bertz CT molecular complexity index is 855. The fourth-order valence-electron chi connectivity index (χ4n) is 3.10. The zero-order valence-corrected chi connectivity index (χ0v) is 14.7. The van der Waals surface area contributed by atoms with Crippen LogP contribution in [0.3, 0.4) is 0 Å². The van der Waals surface area contributed by atoms with E-state index in [0.717, 1.165) is 18.8 Å². The summed E-state index contributed by atoms with van der Waals surface area (Å²) in [4.78, 5) is 6.94. The van der Waals surface area contributed by atoms with Crippen LogP contribution >= 0.6 is 0 Å². The number of fused-ring (bicyclic) bond motifs is 1.